The monoisotopic (exact) mass is 421 g/mol. The Kier molecular flexibility index (Phi) is 6.87. The number of hydrogen-bond donors (Lipinski definition) is 3. The number of carboxylic acid groups (broad SMARTS) is 1. The van der Waals surface area contributed by atoms with Gasteiger partial charge in [-0.05, 0) is 41.7 Å². The van der Waals surface area contributed by atoms with Crippen molar-refractivity contribution in [2.24, 2.45) is 5.92 Å². The van der Waals surface area contributed by atoms with Gasteiger partial charge in [-0.1, -0.05) is 61.5 Å². The number of carboxylic acids is 1. The van der Waals surface area contributed by atoms with Crippen molar-refractivity contribution < 1.29 is 24.2 Å². The molecule has 0 radical (unpaired) electrons. The topological polar surface area (TPSA) is 117 Å². The summed E-state index contributed by atoms with van der Waals surface area (Å²) in [6.07, 6.45) is 0.602. The third kappa shape index (κ3) is 5.82. The molecular formula is C24H23NO6. The molecule has 0 saturated carbocycles. The molecule has 160 valence electrons. The van der Waals surface area contributed by atoms with Gasteiger partial charge in [0.05, 0.1) is 5.92 Å². The van der Waals surface area contributed by atoms with Crippen LogP contribution in [0.1, 0.15) is 29.5 Å². The Bertz CT molecular complexity index is 1100. The highest BCUT2D eigenvalue weighted by molar-refractivity contribution is 5.91. The van der Waals surface area contributed by atoms with Crippen LogP contribution in [0.4, 0.5) is 0 Å². The van der Waals surface area contributed by atoms with E-state index in [0.717, 1.165) is 22.8 Å². The molecule has 31 heavy (non-hydrogen) atoms. The molecule has 3 N–H and O–H groups in total. The normalized spacial score (nSPS) is 12.7. The predicted octanol–water partition coefficient (Wildman–Crippen LogP) is 3.46. The molecule has 1 heterocycles. The molecule has 0 spiro atoms. The molecule has 0 bridgehead atoms. The van der Waals surface area contributed by atoms with Gasteiger partial charge < -0.3 is 19.9 Å². The number of amides is 1. The van der Waals surface area contributed by atoms with Crippen LogP contribution in [0, 0.1) is 5.92 Å². The molecule has 0 aliphatic heterocycles. The van der Waals surface area contributed by atoms with Gasteiger partial charge in [0.2, 0.25) is 5.75 Å². The highest BCUT2D eigenvalue weighted by atomic mass is 16.4. The first-order valence-electron chi connectivity index (χ1n) is 9.84. The molecule has 2 aromatic carbocycles. The Balaban J connectivity index is 1.76. The summed E-state index contributed by atoms with van der Waals surface area (Å²) in [6, 6.07) is 19.5. The van der Waals surface area contributed by atoms with Crippen molar-refractivity contribution in [1.82, 2.24) is 5.32 Å². The maximum atomic E-state index is 12.5. The second-order valence-corrected chi connectivity index (χ2v) is 7.38. The van der Waals surface area contributed by atoms with Gasteiger partial charge in [0.1, 0.15) is 0 Å². The van der Waals surface area contributed by atoms with Crippen molar-refractivity contribution in [3.63, 3.8) is 0 Å². The Morgan fingerprint density at radius 2 is 1.61 bits per heavy atom. The summed E-state index contributed by atoms with van der Waals surface area (Å²) in [6.45, 7) is 1.57. The number of aliphatic carboxylic acids is 1. The highest BCUT2D eigenvalue weighted by Gasteiger charge is 2.22. The van der Waals surface area contributed by atoms with E-state index in [0.29, 0.717) is 6.42 Å². The average molecular weight is 421 g/mol. The minimum Gasteiger partial charge on any atom is -0.502 e. The Morgan fingerprint density at radius 1 is 0.968 bits per heavy atom. The summed E-state index contributed by atoms with van der Waals surface area (Å²) >= 11 is 0. The summed E-state index contributed by atoms with van der Waals surface area (Å²) in [5, 5.41) is 21.3. The number of rotatable bonds is 8. The van der Waals surface area contributed by atoms with Crippen LogP contribution in [0.5, 0.6) is 5.75 Å². The van der Waals surface area contributed by atoms with Gasteiger partial charge in [0, 0.05) is 6.04 Å². The fourth-order valence-electron chi connectivity index (χ4n) is 3.26. The van der Waals surface area contributed by atoms with E-state index >= 15 is 0 Å². The first-order valence-corrected chi connectivity index (χ1v) is 9.84. The van der Waals surface area contributed by atoms with Gasteiger partial charge in [0.15, 0.2) is 5.76 Å². The predicted molar refractivity (Wildman–Crippen MR) is 115 cm³/mol. The third-order valence-electron chi connectivity index (χ3n) is 4.97. The van der Waals surface area contributed by atoms with Crippen LogP contribution in [0.15, 0.2) is 75.9 Å². The van der Waals surface area contributed by atoms with E-state index in [9.17, 15) is 24.6 Å². The second kappa shape index (κ2) is 9.75. The average Bonchev–Trinajstić information content (AvgIpc) is 2.76. The molecule has 0 fully saturated rings. The van der Waals surface area contributed by atoms with Crippen LogP contribution in [-0.4, -0.2) is 28.1 Å². The molecule has 1 aromatic heterocycles. The molecule has 0 aliphatic rings. The summed E-state index contributed by atoms with van der Waals surface area (Å²) in [7, 11) is 0. The van der Waals surface area contributed by atoms with Crippen molar-refractivity contribution in [2.45, 2.75) is 25.8 Å². The van der Waals surface area contributed by atoms with Gasteiger partial charge >= 0.3 is 11.6 Å². The molecule has 0 aliphatic carbocycles. The lowest BCUT2D eigenvalue weighted by Crippen LogP contribution is -2.38. The molecule has 2 unspecified atom stereocenters. The third-order valence-corrected chi connectivity index (χ3v) is 4.97. The fourth-order valence-corrected chi connectivity index (χ4v) is 3.26. The Morgan fingerprint density at radius 3 is 2.23 bits per heavy atom. The zero-order chi connectivity index (χ0) is 22.4. The van der Waals surface area contributed by atoms with Crippen LogP contribution in [-0.2, 0) is 11.2 Å². The van der Waals surface area contributed by atoms with Gasteiger partial charge in [-0.15, -0.1) is 0 Å². The minimum absolute atomic E-state index is 0.198. The van der Waals surface area contributed by atoms with E-state index in [1.54, 1.807) is 6.92 Å². The summed E-state index contributed by atoms with van der Waals surface area (Å²) in [4.78, 5) is 35.3. The highest BCUT2D eigenvalue weighted by Crippen LogP contribution is 2.21. The minimum atomic E-state index is -1.01. The fraction of sp³-hybridized carbons (Fsp3) is 0.208. The van der Waals surface area contributed by atoms with Crippen LogP contribution >= 0.6 is 0 Å². The Hall–Kier alpha value is -3.87. The molecule has 3 rings (SSSR count). The lowest BCUT2D eigenvalue weighted by atomic mass is 9.95. The first kappa shape index (κ1) is 21.8. The van der Waals surface area contributed by atoms with E-state index in [4.69, 9.17) is 4.42 Å². The SMILES string of the molecule is CC(CC(Cc1ccc(-c2ccccc2)cc1)NC(=O)c1ccc(O)c(=O)o1)C(=O)O. The van der Waals surface area contributed by atoms with Crippen LogP contribution in [0.25, 0.3) is 11.1 Å². The van der Waals surface area contributed by atoms with Crippen LogP contribution < -0.4 is 10.9 Å². The number of carbonyl (C=O) groups excluding carboxylic acids is 1. The summed E-state index contributed by atoms with van der Waals surface area (Å²) < 4.78 is 4.80. The molecular weight excluding hydrogens is 398 g/mol. The van der Waals surface area contributed by atoms with Crippen LogP contribution in [0.3, 0.4) is 0 Å². The molecule has 0 saturated heterocycles. The van der Waals surface area contributed by atoms with Crippen molar-refractivity contribution in [2.75, 3.05) is 0 Å². The van der Waals surface area contributed by atoms with Crippen molar-refractivity contribution in [3.8, 4) is 16.9 Å². The number of hydrogen-bond acceptors (Lipinski definition) is 5. The van der Waals surface area contributed by atoms with Crippen molar-refractivity contribution >= 4 is 11.9 Å². The number of carbonyl (C=O) groups is 2. The van der Waals surface area contributed by atoms with Crippen molar-refractivity contribution in [1.29, 1.82) is 0 Å². The van der Waals surface area contributed by atoms with E-state index in [1.807, 2.05) is 54.6 Å². The summed E-state index contributed by atoms with van der Waals surface area (Å²) in [5.41, 5.74) is 2.05. The molecule has 7 heteroatoms. The van der Waals surface area contributed by atoms with Gasteiger partial charge in [0.25, 0.3) is 5.91 Å². The maximum Gasteiger partial charge on any atom is 0.378 e. The summed E-state index contributed by atoms with van der Waals surface area (Å²) in [5.74, 6) is -3.14. The maximum absolute atomic E-state index is 12.5. The van der Waals surface area contributed by atoms with Crippen LogP contribution in [0.2, 0.25) is 0 Å². The quantitative estimate of drug-likeness (QED) is 0.513. The molecule has 3 aromatic rings. The smallest absolute Gasteiger partial charge is 0.378 e. The number of benzene rings is 2. The zero-order valence-electron chi connectivity index (χ0n) is 16.9. The number of nitrogens with one attached hydrogen (secondary N) is 1. The van der Waals surface area contributed by atoms with E-state index < -0.39 is 35.2 Å². The van der Waals surface area contributed by atoms with E-state index in [-0.39, 0.29) is 12.2 Å². The lowest BCUT2D eigenvalue weighted by molar-refractivity contribution is -0.141. The second-order valence-electron chi connectivity index (χ2n) is 7.38. The molecule has 2 atom stereocenters. The molecule has 7 nitrogen and oxygen atoms in total. The Labute approximate surface area is 179 Å². The van der Waals surface area contributed by atoms with E-state index in [2.05, 4.69) is 5.32 Å². The molecule has 1 amide bonds. The van der Waals surface area contributed by atoms with Gasteiger partial charge in [-0.3, -0.25) is 9.59 Å². The number of aromatic hydroxyl groups is 1. The van der Waals surface area contributed by atoms with E-state index in [1.165, 1.54) is 6.07 Å². The lowest BCUT2D eigenvalue weighted by Gasteiger charge is -2.21. The zero-order valence-corrected chi connectivity index (χ0v) is 16.9. The van der Waals surface area contributed by atoms with Gasteiger partial charge in [-0.2, -0.15) is 0 Å². The van der Waals surface area contributed by atoms with Gasteiger partial charge in [-0.25, -0.2) is 4.79 Å². The standard InChI is InChI=1S/C24H23NO6/c1-15(23(28)29)13-19(25-22(27)21-12-11-20(26)24(30)31-21)14-16-7-9-18(10-8-16)17-5-3-2-4-6-17/h2-12,15,19,26H,13-14H2,1H3,(H,25,27)(H,28,29). The van der Waals surface area contributed by atoms with Crippen molar-refractivity contribution in [3.05, 3.63) is 88.5 Å². The largest absolute Gasteiger partial charge is 0.502 e. The first-order chi connectivity index (χ1) is 14.8.